The van der Waals surface area contributed by atoms with Gasteiger partial charge in [0.25, 0.3) is 0 Å². The maximum atomic E-state index is 7.75. The Balaban J connectivity index is -0.0000000450. The molecule has 0 fully saturated rings. The number of nitrogens with two attached hydrogens (primary N) is 3. The molecule has 0 bridgehead atoms. The Morgan fingerprint density at radius 2 is 0.692 bits per heavy atom. The third-order valence-corrected chi connectivity index (χ3v) is 0.387. The van der Waals surface area contributed by atoms with Crippen molar-refractivity contribution >= 4 is 0 Å². The monoisotopic (exact) mass is 242 g/mol. The molecule has 0 aromatic heterocycles. The van der Waals surface area contributed by atoms with Crippen LogP contribution >= 0.6 is 0 Å². The Kier molecular flexibility index (Phi) is 70.9. The van der Waals surface area contributed by atoms with Crippen molar-refractivity contribution in [2.45, 2.75) is 0 Å². The van der Waals surface area contributed by atoms with Crippen molar-refractivity contribution in [3.05, 3.63) is 0 Å². The Morgan fingerprint density at radius 1 is 0.615 bits per heavy atom. The standard InChI is InChI=1S/3C2H7NO.Co/c3*3-1-2-4;/h3*4H,1-3H2;. The van der Waals surface area contributed by atoms with E-state index in [0.29, 0.717) is 19.6 Å². The van der Waals surface area contributed by atoms with Gasteiger partial charge in [-0.25, -0.2) is 0 Å². The Hall–Kier alpha value is 0.266. The molecule has 0 saturated heterocycles. The molecule has 1 radical (unpaired) electrons. The van der Waals surface area contributed by atoms with Gasteiger partial charge in [0, 0.05) is 36.4 Å². The average molecular weight is 242 g/mol. The molecule has 0 atom stereocenters. The summed E-state index contributed by atoms with van der Waals surface area (Å²) in [5, 5.41) is 23.2. The molecule has 87 valence electrons. The summed E-state index contributed by atoms with van der Waals surface area (Å²) in [6.45, 7) is 1.42. The van der Waals surface area contributed by atoms with E-state index in [2.05, 4.69) is 0 Å². The second-order valence-corrected chi connectivity index (χ2v) is 1.54. The minimum atomic E-state index is 0. The minimum Gasteiger partial charge on any atom is -0.395 e. The molecule has 0 saturated carbocycles. The molecule has 0 aromatic rings. The summed E-state index contributed by atoms with van der Waals surface area (Å²) in [7, 11) is 0. The van der Waals surface area contributed by atoms with Gasteiger partial charge in [-0.05, 0) is 0 Å². The summed E-state index contributed by atoms with van der Waals surface area (Å²) in [6, 6.07) is 0. The Labute approximate surface area is 89.3 Å². The topological polar surface area (TPSA) is 139 Å². The van der Waals surface area contributed by atoms with E-state index in [1.807, 2.05) is 0 Å². The summed E-state index contributed by atoms with van der Waals surface area (Å²) >= 11 is 0. The van der Waals surface area contributed by atoms with Crippen LogP contribution in [0.15, 0.2) is 0 Å². The first-order chi connectivity index (χ1) is 5.74. The molecule has 9 N–H and O–H groups in total. The van der Waals surface area contributed by atoms with Gasteiger partial charge in [0.05, 0.1) is 19.8 Å². The van der Waals surface area contributed by atoms with Crippen LogP contribution in [-0.2, 0) is 16.8 Å². The van der Waals surface area contributed by atoms with Gasteiger partial charge in [-0.15, -0.1) is 0 Å². The van der Waals surface area contributed by atoms with Gasteiger partial charge in [0.15, 0.2) is 0 Å². The third-order valence-electron chi connectivity index (χ3n) is 0.387. The fourth-order valence-electron chi connectivity index (χ4n) is 0. The van der Waals surface area contributed by atoms with Crippen molar-refractivity contribution < 1.29 is 32.1 Å². The van der Waals surface area contributed by atoms with Crippen molar-refractivity contribution in [3.8, 4) is 0 Å². The maximum absolute atomic E-state index is 7.75. The van der Waals surface area contributed by atoms with Gasteiger partial charge in [-0.1, -0.05) is 0 Å². The van der Waals surface area contributed by atoms with Crippen molar-refractivity contribution in [2.75, 3.05) is 39.5 Å². The van der Waals surface area contributed by atoms with E-state index >= 15 is 0 Å². The van der Waals surface area contributed by atoms with Crippen molar-refractivity contribution in [1.82, 2.24) is 0 Å². The average Bonchev–Trinajstić information content (AvgIpc) is 2.18. The molecule has 0 unspecified atom stereocenters. The second-order valence-electron chi connectivity index (χ2n) is 1.54. The molecular weight excluding hydrogens is 221 g/mol. The quantitative estimate of drug-likeness (QED) is 0.308. The van der Waals surface area contributed by atoms with Crippen LogP contribution in [0.1, 0.15) is 0 Å². The zero-order valence-corrected chi connectivity index (χ0v) is 8.69. The first-order valence-electron chi connectivity index (χ1n) is 3.67. The summed E-state index contributed by atoms with van der Waals surface area (Å²) in [5.74, 6) is 0. The van der Waals surface area contributed by atoms with E-state index in [-0.39, 0.29) is 36.6 Å². The van der Waals surface area contributed by atoms with Crippen LogP contribution in [0, 0.1) is 0 Å². The molecule has 0 aliphatic heterocycles. The predicted octanol–water partition coefficient (Wildman–Crippen LogP) is -3.19. The SMILES string of the molecule is NCCO.NCCO.NCCO.[Co]. The Bertz CT molecular complexity index is 38.6. The number of rotatable bonds is 3. The molecule has 7 heteroatoms. The number of aliphatic hydroxyl groups is 3. The van der Waals surface area contributed by atoms with Crippen LogP contribution in [0.25, 0.3) is 0 Å². The predicted molar refractivity (Wildman–Crippen MR) is 48.4 cm³/mol. The zero-order chi connectivity index (χ0) is 10.2. The van der Waals surface area contributed by atoms with Gasteiger partial charge in [0.2, 0.25) is 0 Å². The smallest absolute Gasteiger partial charge is 0.0553 e. The summed E-state index contributed by atoms with van der Waals surface area (Å²) < 4.78 is 0. The van der Waals surface area contributed by atoms with Crippen LogP contribution in [0.5, 0.6) is 0 Å². The fourth-order valence-corrected chi connectivity index (χ4v) is 0. The van der Waals surface area contributed by atoms with E-state index in [9.17, 15) is 0 Å². The number of hydrogen-bond donors (Lipinski definition) is 6. The van der Waals surface area contributed by atoms with Crippen LogP contribution in [0.2, 0.25) is 0 Å². The van der Waals surface area contributed by atoms with Crippen LogP contribution in [-0.4, -0.2) is 54.8 Å². The largest absolute Gasteiger partial charge is 0.395 e. The fraction of sp³-hybridized carbons (Fsp3) is 1.00. The van der Waals surface area contributed by atoms with Gasteiger partial charge < -0.3 is 32.5 Å². The molecule has 0 aromatic carbocycles. The molecule has 0 aliphatic rings. The third kappa shape index (κ3) is 121. The van der Waals surface area contributed by atoms with E-state index in [4.69, 9.17) is 32.5 Å². The van der Waals surface area contributed by atoms with Gasteiger partial charge in [0.1, 0.15) is 0 Å². The van der Waals surface area contributed by atoms with Crippen molar-refractivity contribution in [2.24, 2.45) is 17.2 Å². The molecule has 0 heterocycles. The molecule has 0 spiro atoms. The van der Waals surface area contributed by atoms with Gasteiger partial charge >= 0.3 is 0 Å². The normalized spacial score (nSPS) is 6.92. The zero-order valence-electron chi connectivity index (χ0n) is 7.65. The first-order valence-corrected chi connectivity index (χ1v) is 3.67. The molecule has 6 nitrogen and oxygen atoms in total. The molecule has 0 amide bonds. The van der Waals surface area contributed by atoms with Gasteiger partial charge in [-0.3, -0.25) is 0 Å². The number of hydrogen-bond acceptors (Lipinski definition) is 6. The van der Waals surface area contributed by atoms with E-state index in [0.717, 1.165) is 0 Å². The second kappa shape index (κ2) is 39.7. The minimum absolute atomic E-state index is 0. The van der Waals surface area contributed by atoms with Crippen molar-refractivity contribution in [1.29, 1.82) is 0 Å². The van der Waals surface area contributed by atoms with E-state index in [1.54, 1.807) is 0 Å². The van der Waals surface area contributed by atoms with Crippen molar-refractivity contribution in [3.63, 3.8) is 0 Å². The molecule has 0 aliphatic carbocycles. The maximum Gasteiger partial charge on any atom is 0.0553 e. The van der Waals surface area contributed by atoms with Crippen LogP contribution in [0.4, 0.5) is 0 Å². The van der Waals surface area contributed by atoms with Crippen LogP contribution in [0.3, 0.4) is 0 Å². The molecule has 0 rings (SSSR count). The summed E-state index contributed by atoms with van der Waals surface area (Å²) in [5.41, 5.74) is 14.3. The van der Waals surface area contributed by atoms with E-state index in [1.165, 1.54) is 0 Å². The first kappa shape index (κ1) is 23.2. The Morgan fingerprint density at radius 3 is 0.692 bits per heavy atom. The number of aliphatic hydroxyl groups excluding tert-OH is 3. The summed E-state index contributed by atoms with van der Waals surface area (Å²) in [6.07, 6.45) is 0. The summed E-state index contributed by atoms with van der Waals surface area (Å²) in [4.78, 5) is 0. The van der Waals surface area contributed by atoms with E-state index < -0.39 is 0 Å². The van der Waals surface area contributed by atoms with Crippen LogP contribution < -0.4 is 17.2 Å². The molecular formula is C6H21CoN3O3. The molecule has 13 heavy (non-hydrogen) atoms. The van der Waals surface area contributed by atoms with Gasteiger partial charge in [-0.2, -0.15) is 0 Å².